The SMILES string of the molecule is N#C[C@@]1(C2CC2)CCN(c2ccnc(NC(=O)Cc3cccc(/C(C=N)=C/NC4CCOC4)c3)c2)C1=O. The second-order valence-electron chi connectivity index (χ2n) is 9.86. The van der Waals surface area contributed by atoms with E-state index in [1.54, 1.807) is 23.2 Å². The van der Waals surface area contributed by atoms with Crippen LogP contribution in [0.5, 0.6) is 0 Å². The fraction of sp³-hybridized carbons (Fsp3) is 0.393. The van der Waals surface area contributed by atoms with Crippen LogP contribution in [0.15, 0.2) is 48.8 Å². The Bertz CT molecular complexity index is 1270. The second-order valence-corrected chi connectivity index (χ2v) is 9.86. The zero-order valence-electron chi connectivity index (χ0n) is 20.6. The number of nitriles is 1. The van der Waals surface area contributed by atoms with Crippen molar-refractivity contribution in [1.82, 2.24) is 10.3 Å². The predicted octanol–water partition coefficient (Wildman–Crippen LogP) is 3.29. The number of hydrogen-bond donors (Lipinski definition) is 3. The first-order valence-electron chi connectivity index (χ1n) is 12.7. The molecule has 2 amide bonds. The summed E-state index contributed by atoms with van der Waals surface area (Å²) in [6.45, 7) is 1.88. The summed E-state index contributed by atoms with van der Waals surface area (Å²) in [5, 5.41) is 23.7. The smallest absolute Gasteiger partial charge is 0.247 e. The fourth-order valence-corrected chi connectivity index (χ4v) is 5.10. The number of ether oxygens (including phenoxy) is 1. The molecule has 190 valence electrons. The van der Waals surface area contributed by atoms with Crippen LogP contribution in [-0.4, -0.2) is 48.8 Å². The van der Waals surface area contributed by atoms with Crippen LogP contribution in [0, 0.1) is 28.1 Å². The fourth-order valence-electron chi connectivity index (χ4n) is 5.10. The molecule has 37 heavy (non-hydrogen) atoms. The first-order chi connectivity index (χ1) is 18.0. The molecular formula is C28H30N6O3. The topological polar surface area (TPSA) is 131 Å². The monoisotopic (exact) mass is 498 g/mol. The van der Waals surface area contributed by atoms with Crippen molar-refractivity contribution in [2.75, 3.05) is 30.0 Å². The Morgan fingerprint density at radius 1 is 1.30 bits per heavy atom. The molecule has 3 heterocycles. The van der Waals surface area contributed by atoms with E-state index >= 15 is 0 Å². The molecule has 1 saturated carbocycles. The lowest BCUT2D eigenvalue weighted by Crippen LogP contribution is -2.35. The van der Waals surface area contributed by atoms with Gasteiger partial charge in [0.25, 0.3) is 0 Å². The van der Waals surface area contributed by atoms with Crippen LogP contribution in [0.2, 0.25) is 0 Å². The van der Waals surface area contributed by atoms with Crippen molar-refractivity contribution in [3.8, 4) is 6.07 Å². The Kier molecular flexibility index (Phi) is 7.01. The number of aromatic nitrogens is 1. The molecule has 0 spiro atoms. The molecule has 5 rings (SSSR count). The first-order valence-corrected chi connectivity index (χ1v) is 12.7. The summed E-state index contributed by atoms with van der Waals surface area (Å²) in [5.41, 5.74) is 2.09. The maximum atomic E-state index is 13.1. The minimum absolute atomic E-state index is 0.136. The largest absolute Gasteiger partial charge is 0.385 e. The van der Waals surface area contributed by atoms with Crippen molar-refractivity contribution in [2.24, 2.45) is 11.3 Å². The lowest BCUT2D eigenvalue weighted by atomic mass is 9.83. The number of amides is 2. The molecule has 1 aromatic heterocycles. The van der Waals surface area contributed by atoms with Gasteiger partial charge in [-0.1, -0.05) is 24.3 Å². The highest BCUT2D eigenvalue weighted by atomic mass is 16.5. The van der Waals surface area contributed by atoms with Crippen LogP contribution in [0.1, 0.15) is 36.8 Å². The molecule has 9 heteroatoms. The van der Waals surface area contributed by atoms with E-state index in [2.05, 4.69) is 21.7 Å². The summed E-state index contributed by atoms with van der Waals surface area (Å²) >= 11 is 0. The summed E-state index contributed by atoms with van der Waals surface area (Å²) < 4.78 is 5.38. The van der Waals surface area contributed by atoms with E-state index in [1.807, 2.05) is 30.5 Å². The number of rotatable bonds is 9. The van der Waals surface area contributed by atoms with Gasteiger partial charge in [0.15, 0.2) is 0 Å². The lowest BCUT2D eigenvalue weighted by Gasteiger charge is -2.21. The molecule has 1 aliphatic carbocycles. The Morgan fingerprint density at radius 3 is 2.89 bits per heavy atom. The molecule has 3 N–H and O–H groups in total. The third-order valence-electron chi connectivity index (χ3n) is 7.34. The van der Waals surface area contributed by atoms with E-state index in [-0.39, 0.29) is 30.2 Å². The van der Waals surface area contributed by atoms with Crippen molar-refractivity contribution in [2.45, 2.75) is 38.1 Å². The number of nitrogens with one attached hydrogen (secondary N) is 3. The van der Waals surface area contributed by atoms with E-state index in [4.69, 9.17) is 10.1 Å². The van der Waals surface area contributed by atoms with Crippen LogP contribution < -0.4 is 15.5 Å². The molecule has 1 aromatic carbocycles. The number of benzene rings is 1. The molecular weight excluding hydrogens is 468 g/mol. The number of hydrogen-bond acceptors (Lipinski definition) is 7. The van der Waals surface area contributed by atoms with Gasteiger partial charge in [-0.25, -0.2) is 4.98 Å². The van der Waals surface area contributed by atoms with Crippen molar-refractivity contribution in [3.63, 3.8) is 0 Å². The predicted molar refractivity (Wildman–Crippen MR) is 140 cm³/mol. The second kappa shape index (κ2) is 10.5. The van der Waals surface area contributed by atoms with Crippen LogP contribution >= 0.6 is 0 Å². The third-order valence-corrected chi connectivity index (χ3v) is 7.34. The van der Waals surface area contributed by atoms with Crippen LogP contribution in [0.3, 0.4) is 0 Å². The van der Waals surface area contributed by atoms with E-state index in [0.29, 0.717) is 31.1 Å². The Morgan fingerprint density at radius 2 is 2.16 bits per heavy atom. The van der Waals surface area contributed by atoms with Gasteiger partial charge in [-0.3, -0.25) is 9.59 Å². The summed E-state index contributed by atoms with van der Waals surface area (Å²) in [4.78, 5) is 31.8. The number of nitrogens with zero attached hydrogens (tertiary/aromatic N) is 3. The minimum atomic E-state index is -0.915. The summed E-state index contributed by atoms with van der Waals surface area (Å²) in [7, 11) is 0. The van der Waals surface area contributed by atoms with Gasteiger partial charge >= 0.3 is 0 Å². The maximum Gasteiger partial charge on any atom is 0.247 e. The molecule has 2 saturated heterocycles. The lowest BCUT2D eigenvalue weighted by molar-refractivity contribution is -0.123. The molecule has 2 aliphatic heterocycles. The molecule has 0 bridgehead atoms. The van der Waals surface area contributed by atoms with Crippen molar-refractivity contribution >= 4 is 35.1 Å². The van der Waals surface area contributed by atoms with Crippen molar-refractivity contribution in [1.29, 1.82) is 10.7 Å². The number of pyridine rings is 1. The third kappa shape index (κ3) is 5.25. The standard InChI is InChI=1S/C28H30N6O3/c29-15-21(16-32-23-7-11-37-17-23)20-3-1-2-19(12-20)13-26(35)33-25-14-24(6-9-31-25)34-10-8-28(18-30,27(34)36)22-4-5-22/h1-3,6,9,12,14-16,22-23,29,32H,4-5,7-8,10-11,13,17H2,(H,31,33,35)/b21-16+,29-15?/t23?,28-/m1/s1. The van der Waals surface area contributed by atoms with Crippen molar-refractivity contribution in [3.05, 3.63) is 59.9 Å². The van der Waals surface area contributed by atoms with Crippen LogP contribution in [0.25, 0.3) is 5.57 Å². The van der Waals surface area contributed by atoms with Gasteiger partial charge in [0.05, 0.1) is 25.1 Å². The minimum Gasteiger partial charge on any atom is -0.385 e. The van der Waals surface area contributed by atoms with E-state index < -0.39 is 5.41 Å². The molecule has 2 aromatic rings. The zero-order valence-corrected chi connectivity index (χ0v) is 20.6. The zero-order chi connectivity index (χ0) is 25.8. The highest BCUT2D eigenvalue weighted by molar-refractivity contribution is 6.08. The Balaban J connectivity index is 1.23. The van der Waals surface area contributed by atoms with Gasteiger partial charge in [-0.2, -0.15) is 5.26 Å². The number of carbonyl (C=O) groups is 2. The molecule has 2 atom stereocenters. The van der Waals surface area contributed by atoms with Crippen molar-refractivity contribution < 1.29 is 14.3 Å². The maximum absolute atomic E-state index is 13.1. The molecule has 0 radical (unpaired) electrons. The molecule has 9 nitrogen and oxygen atoms in total. The normalized spacial score (nSPS) is 23.5. The first kappa shape index (κ1) is 24.7. The molecule has 1 unspecified atom stereocenters. The average Bonchev–Trinajstić information content (AvgIpc) is 3.52. The number of carbonyl (C=O) groups excluding carboxylic acids is 2. The average molecular weight is 499 g/mol. The van der Waals surface area contributed by atoms with Crippen LogP contribution in [0.4, 0.5) is 11.5 Å². The van der Waals surface area contributed by atoms with Gasteiger partial charge < -0.3 is 25.7 Å². The van der Waals surface area contributed by atoms with E-state index in [9.17, 15) is 14.9 Å². The van der Waals surface area contributed by atoms with Gasteiger partial charge in [0, 0.05) is 49.1 Å². The Hall–Kier alpha value is -4.03. The van der Waals surface area contributed by atoms with Gasteiger partial charge in [-0.05, 0) is 48.8 Å². The summed E-state index contributed by atoms with van der Waals surface area (Å²) in [5.74, 6) is 0.126. The van der Waals surface area contributed by atoms with Crippen LogP contribution in [-0.2, 0) is 20.7 Å². The highest BCUT2D eigenvalue weighted by Gasteiger charge is 2.56. The summed E-state index contributed by atoms with van der Waals surface area (Å²) in [6, 6.07) is 13.5. The summed E-state index contributed by atoms with van der Waals surface area (Å²) in [6.07, 6.45) is 8.13. The molecule has 3 aliphatic rings. The van der Waals surface area contributed by atoms with Gasteiger partial charge in [0.2, 0.25) is 11.8 Å². The Labute approximate surface area is 216 Å². The van der Waals surface area contributed by atoms with E-state index in [0.717, 1.165) is 42.6 Å². The van der Waals surface area contributed by atoms with E-state index in [1.165, 1.54) is 6.21 Å². The number of allylic oxidation sites excluding steroid dienone is 1. The molecule has 3 fully saturated rings. The van der Waals surface area contributed by atoms with Gasteiger partial charge in [-0.15, -0.1) is 0 Å². The number of anilines is 2. The highest BCUT2D eigenvalue weighted by Crippen LogP contribution is 2.51. The van der Waals surface area contributed by atoms with Gasteiger partial charge in [0.1, 0.15) is 11.2 Å². The quantitative estimate of drug-likeness (QED) is 0.455.